The molecular formula is C14H19N. The average Bonchev–Trinajstić information content (AvgIpc) is 2.27. The largest absolute Gasteiger partial charge is 0.249 e. The lowest BCUT2D eigenvalue weighted by Crippen LogP contribution is -1.83. The van der Waals surface area contributed by atoms with Gasteiger partial charge in [-0.2, -0.15) is 0 Å². The van der Waals surface area contributed by atoms with Crippen molar-refractivity contribution in [2.45, 2.75) is 33.1 Å². The molecule has 0 saturated carbocycles. The van der Waals surface area contributed by atoms with Gasteiger partial charge in [0.1, 0.15) is 0 Å². The van der Waals surface area contributed by atoms with Gasteiger partial charge >= 0.3 is 0 Å². The topological polar surface area (TPSA) is 12.9 Å². The highest BCUT2D eigenvalue weighted by molar-refractivity contribution is 5.50. The van der Waals surface area contributed by atoms with Crippen LogP contribution in [0.25, 0.3) is 12.2 Å². The van der Waals surface area contributed by atoms with E-state index in [1.807, 2.05) is 18.2 Å². The Balaban J connectivity index is 2.69. The number of pyridine rings is 1. The molecule has 0 unspecified atom stereocenters. The molecule has 0 saturated heterocycles. The van der Waals surface area contributed by atoms with Crippen molar-refractivity contribution in [3.05, 3.63) is 41.7 Å². The van der Waals surface area contributed by atoms with Crippen LogP contribution in [0.5, 0.6) is 0 Å². The predicted octanol–water partition coefficient (Wildman–Crippen LogP) is 4.32. The number of aromatic nitrogens is 1. The van der Waals surface area contributed by atoms with Gasteiger partial charge in [-0.05, 0) is 37.1 Å². The normalized spacial score (nSPS) is 11.6. The lowest BCUT2D eigenvalue weighted by atomic mass is 10.2. The maximum Gasteiger partial charge on any atom is 0.0633 e. The Morgan fingerprint density at radius 2 is 1.73 bits per heavy atom. The number of hydrogen-bond acceptors (Lipinski definition) is 1. The van der Waals surface area contributed by atoms with Crippen LogP contribution in [0.4, 0.5) is 0 Å². The van der Waals surface area contributed by atoms with E-state index in [-0.39, 0.29) is 0 Å². The molecule has 1 aromatic rings. The van der Waals surface area contributed by atoms with Crippen LogP contribution in [0.2, 0.25) is 0 Å². The molecule has 1 heterocycles. The Morgan fingerprint density at radius 3 is 2.33 bits per heavy atom. The smallest absolute Gasteiger partial charge is 0.0633 e. The molecule has 0 fully saturated rings. The molecule has 1 rings (SSSR count). The second-order valence-corrected chi connectivity index (χ2v) is 3.49. The van der Waals surface area contributed by atoms with Crippen LogP contribution >= 0.6 is 0 Å². The lowest BCUT2D eigenvalue weighted by Gasteiger charge is -1.95. The van der Waals surface area contributed by atoms with Gasteiger partial charge in [0, 0.05) is 0 Å². The van der Waals surface area contributed by atoms with E-state index >= 15 is 0 Å². The monoisotopic (exact) mass is 201 g/mol. The maximum absolute atomic E-state index is 4.51. The van der Waals surface area contributed by atoms with Gasteiger partial charge in [0.25, 0.3) is 0 Å². The van der Waals surface area contributed by atoms with Crippen LogP contribution < -0.4 is 0 Å². The van der Waals surface area contributed by atoms with E-state index in [9.17, 15) is 0 Å². The third kappa shape index (κ3) is 4.59. The van der Waals surface area contributed by atoms with Crippen molar-refractivity contribution < 1.29 is 0 Å². The van der Waals surface area contributed by atoms with Crippen molar-refractivity contribution in [2.24, 2.45) is 0 Å². The van der Waals surface area contributed by atoms with E-state index in [0.29, 0.717) is 0 Å². The molecule has 0 radical (unpaired) electrons. The Labute approximate surface area is 92.6 Å². The molecule has 0 aliphatic carbocycles. The average molecular weight is 201 g/mol. The minimum absolute atomic E-state index is 1.04. The predicted molar refractivity (Wildman–Crippen MR) is 67.5 cm³/mol. The Kier molecular flexibility index (Phi) is 5.46. The van der Waals surface area contributed by atoms with Crippen LogP contribution in [0, 0.1) is 0 Å². The molecule has 0 amide bonds. The van der Waals surface area contributed by atoms with E-state index in [2.05, 4.69) is 43.1 Å². The Hall–Kier alpha value is -1.37. The molecule has 0 N–H and O–H groups in total. The third-order valence-corrected chi connectivity index (χ3v) is 2.06. The highest BCUT2D eigenvalue weighted by atomic mass is 14.7. The molecule has 1 aromatic heterocycles. The van der Waals surface area contributed by atoms with E-state index in [0.717, 1.165) is 24.2 Å². The second kappa shape index (κ2) is 6.99. The zero-order chi connectivity index (χ0) is 10.9. The maximum atomic E-state index is 4.51. The Morgan fingerprint density at radius 1 is 1.07 bits per heavy atom. The van der Waals surface area contributed by atoms with Gasteiger partial charge in [-0.3, -0.25) is 0 Å². The zero-order valence-electron chi connectivity index (χ0n) is 9.61. The molecule has 0 aliphatic rings. The van der Waals surface area contributed by atoms with Gasteiger partial charge in [0.15, 0.2) is 0 Å². The van der Waals surface area contributed by atoms with E-state index in [4.69, 9.17) is 0 Å². The highest BCUT2D eigenvalue weighted by Gasteiger charge is 1.90. The fraction of sp³-hybridized carbons (Fsp3) is 0.357. The fourth-order valence-electron chi connectivity index (χ4n) is 1.26. The molecule has 1 nitrogen and oxygen atoms in total. The van der Waals surface area contributed by atoms with Crippen molar-refractivity contribution in [3.8, 4) is 0 Å². The number of allylic oxidation sites excluding steroid dienone is 2. The first-order valence-corrected chi connectivity index (χ1v) is 5.67. The minimum atomic E-state index is 1.04. The van der Waals surface area contributed by atoms with Gasteiger partial charge in [0.05, 0.1) is 11.4 Å². The first-order chi connectivity index (χ1) is 7.36. The molecule has 0 spiro atoms. The fourth-order valence-corrected chi connectivity index (χ4v) is 1.26. The van der Waals surface area contributed by atoms with Crippen LogP contribution in [0.3, 0.4) is 0 Å². The number of rotatable bonds is 5. The quantitative estimate of drug-likeness (QED) is 0.691. The van der Waals surface area contributed by atoms with Gasteiger partial charge < -0.3 is 0 Å². The number of unbranched alkanes of at least 4 members (excludes halogenated alkanes) is 1. The van der Waals surface area contributed by atoms with Crippen molar-refractivity contribution >= 4 is 12.2 Å². The van der Waals surface area contributed by atoms with Crippen LogP contribution in [0.1, 0.15) is 44.5 Å². The standard InChI is InChI=1S/C14H19N/c1-3-5-7-10-14-12-8-11-13(15-14)9-6-4-2/h6-12H,3-5H2,1-2H3/b9-6+,10-7+. The van der Waals surface area contributed by atoms with Crippen molar-refractivity contribution in [2.75, 3.05) is 0 Å². The molecule has 15 heavy (non-hydrogen) atoms. The summed E-state index contributed by atoms with van der Waals surface area (Å²) in [5, 5.41) is 0. The van der Waals surface area contributed by atoms with E-state index in [1.165, 1.54) is 6.42 Å². The summed E-state index contributed by atoms with van der Waals surface area (Å²) in [6, 6.07) is 6.12. The molecule has 0 atom stereocenters. The van der Waals surface area contributed by atoms with E-state index in [1.54, 1.807) is 0 Å². The van der Waals surface area contributed by atoms with E-state index < -0.39 is 0 Å². The van der Waals surface area contributed by atoms with Crippen LogP contribution in [0.15, 0.2) is 30.4 Å². The first kappa shape index (κ1) is 11.7. The number of hydrogen-bond donors (Lipinski definition) is 0. The second-order valence-electron chi connectivity index (χ2n) is 3.49. The highest BCUT2D eigenvalue weighted by Crippen LogP contribution is 2.05. The summed E-state index contributed by atoms with van der Waals surface area (Å²) in [7, 11) is 0. The first-order valence-electron chi connectivity index (χ1n) is 5.67. The third-order valence-electron chi connectivity index (χ3n) is 2.06. The summed E-state index contributed by atoms with van der Waals surface area (Å²) in [4.78, 5) is 4.51. The lowest BCUT2D eigenvalue weighted by molar-refractivity contribution is 0.962. The SMILES string of the molecule is CC/C=C/c1cccc(/C=C/CCC)n1. The molecule has 0 aliphatic heterocycles. The zero-order valence-corrected chi connectivity index (χ0v) is 9.61. The van der Waals surface area contributed by atoms with Crippen molar-refractivity contribution in [3.63, 3.8) is 0 Å². The van der Waals surface area contributed by atoms with Gasteiger partial charge in [-0.15, -0.1) is 0 Å². The molecular weight excluding hydrogens is 182 g/mol. The molecule has 0 bridgehead atoms. The summed E-state index contributed by atoms with van der Waals surface area (Å²) in [5.41, 5.74) is 2.08. The minimum Gasteiger partial charge on any atom is -0.249 e. The van der Waals surface area contributed by atoms with Gasteiger partial charge in [0.2, 0.25) is 0 Å². The molecule has 0 aromatic carbocycles. The van der Waals surface area contributed by atoms with Crippen molar-refractivity contribution in [1.82, 2.24) is 4.98 Å². The number of nitrogens with zero attached hydrogens (tertiary/aromatic N) is 1. The summed E-state index contributed by atoms with van der Waals surface area (Å²) < 4.78 is 0. The molecule has 1 heteroatoms. The molecule has 80 valence electrons. The van der Waals surface area contributed by atoms with Crippen molar-refractivity contribution in [1.29, 1.82) is 0 Å². The van der Waals surface area contributed by atoms with Gasteiger partial charge in [-0.25, -0.2) is 4.98 Å². The summed E-state index contributed by atoms with van der Waals surface area (Å²) >= 11 is 0. The van der Waals surface area contributed by atoms with Gasteiger partial charge in [-0.1, -0.05) is 38.5 Å². The van der Waals surface area contributed by atoms with Crippen LogP contribution in [-0.2, 0) is 0 Å². The van der Waals surface area contributed by atoms with Crippen LogP contribution in [-0.4, -0.2) is 4.98 Å². The Bertz CT molecular complexity index is 337. The summed E-state index contributed by atoms with van der Waals surface area (Å²) in [5.74, 6) is 0. The summed E-state index contributed by atoms with van der Waals surface area (Å²) in [6.45, 7) is 4.31. The summed E-state index contributed by atoms with van der Waals surface area (Å²) in [6.07, 6.45) is 11.8.